The zero-order chi connectivity index (χ0) is 21.4. The Morgan fingerprint density at radius 1 is 1.31 bits per heavy atom. The third-order valence-corrected chi connectivity index (χ3v) is 6.73. The van der Waals surface area contributed by atoms with Crippen LogP contribution in [-0.4, -0.2) is 64.3 Å². The molecule has 0 aromatic heterocycles. The summed E-state index contributed by atoms with van der Waals surface area (Å²) in [6.07, 6.45) is 6.53. The first-order chi connectivity index (χ1) is 13.7. The molecule has 1 amide bonds. The number of benzene rings is 1. The van der Waals surface area contributed by atoms with Crippen LogP contribution in [0.25, 0.3) is 0 Å². The van der Waals surface area contributed by atoms with Gasteiger partial charge in [0, 0.05) is 26.2 Å². The van der Waals surface area contributed by atoms with Gasteiger partial charge in [-0.3, -0.25) is 9.10 Å². The number of rotatable bonds is 10. The Morgan fingerprint density at radius 2 is 2.00 bits per heavy atom. The van der Waals surface area contributed by atoms with Gasteiger partial charge in [-0.25, -0.2) is 8.42 Å². The smallest absolute Gasteiger partial charge is 0.260 e. The van der Waals surface area contributed by atoms with E-state index in [-0.39, 0.29) is 5.91 Å². The van der Waals surface area contributed by atoms with Crippen molar-refractivity contribution in [3.8, 4) is 5.75 Å². The van der Waals surface area contributed by atoms with Crippen LogP contribution in [0.3, 0.4) is 0 Å². The van der Waals surface area contributed by atoms with Crippen molar-refractivity contribution in [3.05, 3.63) is 24.3 Å². The van der Waals surface area contributed by atoms with Crippen molar-refractivity contribution in [1.29, 1.82) is 0 Å². The van der Waals surface area contributed by atoms with Gasteiger partial charge in [0.2, 0.25) is 10.0 Å². The van der Waals surface area contributed by atoms with Crippen LogP contribution >= 0.6 is 0 Å². The molecule has 164 valence electrons. The molecule has 1 heterocycles. The van der Waals surface area contributed by atoms with Gasteiger partial charge >= 0.3 is 0 Å². The highest BCUT2D eigenvalue weighted by atomic mass is 32.2. The number of piperidine rings is 1. The number of sulfonamides is 1. The first-order valence-corrected chi connectivity index (χ1v) is 12.3. The van der Waals surface area contributed by atoms with E-state index in [2.05, 4.69) is 17.1 Å². The monoisotopic (exact) mass is 425 g/mol. The third kappa shape index (κ3) is 7.19. The molecule has 1 aromatic rings. The molecule has 1 aromatic carbocycles. The molecule has 7 nitrogen and oxygen atoms in total. The molecule has 1 aliphatic rings. The van der Waals surface area contributed by atoms with Crippen LogP contribution in [-0.2, 0) is 14.8 Å². The number of likely N-dealkylation sites (tertiary alicyclic amines) is 1. The van der Waals surface area contributed by atoms with Gasteiger partial charge in [0.05, 0.1) is 11.9 Å². The van der Waals surface area contributed by atoms with Crippen molar-refractivity contribution in [1.82, 2.24) is 10.2 Å². The average Bonchev–Trinajstić information content (AvgIpc) is 2.70. The van der Waals surface area contributed by atoms with E-state index in [1.54, 1.807) is 31.2 Å². The first-order valence-electron chi connectivity index (χ1n) is 10.4. The lowest BCUT2D eigenvalue weighted by Gasteiger charge is -2.35. The van der Waals surface area contributed by atoms with E-state index in [4.69, 9.17) is 4.74 Å². The van der Waals surface area contributed by atoms with Crippen LogP contribution in [0.1, 0.15) is 46.0 Å². The predicted octanol–water partition coefficient (Wildman–Crippen LogP) is 2.62. The highest BCUT2D eigenvalue weighted by Crippen LogP contribution is 2.21. The van der Waals surface area contributed by atoms with Crippen LogP contribution in [0, 0.1) is 0 Å². The van der Waals surface area contributed by atoms with Gasteiger partial charge in [-0.1, -0.05) is 13.3 Å². The Morgan fingerprint density at radius 3 is 2.62 bits per heavy atom. The molecule has 1 aliphatic heterocycles. The minimum Gasteiger partial charge on any atom is -0.481 e. The molecule has 0 radical (unpaired) electrons. The summed E-state index contributed by atoms with van der Waals surface area (Å²) in [5.74, 6) is 0.380. The summed E-state index contributed by atoms with van der Waals surface area (Å²) in [5, 5.41) is 2.95. The summed E-state index contributed by atoms with van der Waals surface area (Å²) in [6, 6.07) is 7.34. The average molecular weight is 426 g/mol. The molecule has 1 N–H and O–H groups in total. The van der Waals surface area contributed by atoms with E-state index in [0.717, 1.165) is 25.8 Å². The van der Waals surface area contributed by atoms with Gasteiger partial charge in [0.25, 0.3) is 5.91 Å². The van der Waals surface area contributed by atoms with Gasteiger partial charge < -0.3 is 15.0 Å². The second-order valence-electron chi connectivity index (χ2n) is 7.72. The molecule has 0 spiro atoms. The number of amides is 1. The number of carbonyl (C=O) groups is 1. The minimum atomic E-state index is -3.31. The zero-order valence-corrected chi connectivity index (χ0v) is 18.9. The van der Waals surface area contributed by atoms with Gasteiger partial charge in [0.1, 0.15) is 5.75 Å². The number of hydrogen-bond acceptors (Lipinski definition) is 5. The van der Waals surface area contributed by atoms with E-state index >= 15 is 0 Å². The number of ether oxygens (including phenoxy) is 1. The Kier molecular flexibility index (Phi) is 8.77. The fourth-order valence-electron chi connectivity index (χ4n) is 3.64. The summed E-state index contributed by atoms with van der Waals surface area (Å²) in [4.78, 5) is 14.8. The van der Waals surface area contributed by atoms with Crippen molar-refractivity contribution in [2.45, 2.75) is 58.1 Å². The minimum absolute atomic E-state index is 0.145. The van der Waals surface area contributed by atoms with Crippen LogP contribution in [0.15, 0.2) is 24.3 Å². The van der Waals surface area contributed by atoms with E-state index < -0.39 is 16.1 Å². The maximum Gasteiger partial charge on any atom is 0.260 e. The maximum atomic E-state index is 12.3. The van der Waals surface area contributed by atoms with E-state index in [1.807, 2.05) is 0 Å². The Hall–Kier alpha value is -1.80. The maximum absolute atomic E-state index is 12.3. The number of nitrogens with zero attached hydrogens (tertiary/aromatic N) is 2. The fraction of sp³-hybridized carbons (Fsp3) is 0.667. The van der Waals surface area contributed by atoms with Crippen molar-refractivity contribution in [2.24, 2.45) is 0 Å². The predicted molar refractivity (Wildman–Crippen MR) is 117 cm³/mol. The van der Waals surface area contributed by atoms with Crippen molar-refractivity contribution in [2.75, 3.05) is 37.2 Å². The molecule has 2 atom stereocenters. The molecular formula is C21H35N3O4S. The van der Waals surface area contributed by atoms with Gasteiger partial charge in [0.15, 0.2) is 6.10 Å². The summed E-state index contributed by atoms with van der Waals surface area (Å²) < 4.78 is 30.0. The number of carbonyl (C=O) groups excluding carboxylic acids is 1. The van der Waals surface area contributed by atoms with Gasteiger partial charge in [-0.15, -0.1) is 0 Å². The molecule has 0 aliphatic carbocycles. The van der Waals surface area contributed by atoms with Crippen LogP contribution in [0.4, 0.5) is 5.69 Å². The second kappa shape index (κ2) is 10.8. The molecule has 1 fully saturated rings. The van der Waals surface area contributed by atoms with Crippen LogP contribution < -0.4 is 14.4 Å². The van der Waals surface area contributed by atoms with Crippen molar-refractivity contribution < 1.29 is 17.9 Å². The molecule has 2 rings (SSSR count). The molecule has 0 unspecified atom stereocenters. The standard InChI is InChI=1S/C21H35N3O4S/c1-5-18-9-6-7-15-24(18)16-8-14-22-21(25)17(2)28-20-12-10-19(11-13-20)23(3)29(4,26)27/h10-13,17-18H,5-9,14-16H2,1-4H3,(H,22,25)/t17-,18+/m0/s1. The van der Waals surface area contributed by atoms with Crippen molar-refractivity contribution >= 4 is 21.6 Å². The SMILES string of the molecule is CC[C@@H]1CCCCN1CCCNC(=O)[C@H](C)Oc1ccc(N(C)S(C)(=O)=O)cc1. The quantitative estimate of drug-likeness (QED) is 0.583. The highest BCUT2D eigenvalue weighted by molar-refractivity contribution is 7.92. The second-order valence-corrected chi connectivity index (χ2v) is 9.74. The third-order valence-electron chi connectivity index (χ3n) is 5.52. The fourth-order valence-corrected chi connectivity index (χ4v) is 4.14. The zero-order valence-electron chi connectivity index (χ0n) is 18.1. The largest absolute Gasteiger partial charge is 0.481 e. The molecule has 8 heteroatoms. The summed E-state index contributed by atoms with van der Waals surface area (Å²) >= 11 is 0. The number of hydrogen-bond donors (Lipinski definition) is 1. The molecular weight excluding hydrogens is 390 g/mol. The lowest BCUT2D eigenvalue weighted by Crippen LogP contribution is -2.41. The summed E-state index contributed by atoms with van der Waals surface area (Å²) in [5.41, 5.74) is 0.542. The molecule has 0 bridgehead atoms. The summed E-state index contributed by atoms with van der Waals surface area (Å²) in [7, 11) is -1.81. The van der Waals surface area contributed by atoms with E-state index in [0.29, 0.717) is 24.0 Å². The topological polar surface area (TPSA) is 79.0 Å². The number of nitrogens with one attached hydrogen (secondary N) is 1. The number of anilines is 1. The Bertz CT molecular complexity index is 752. The summed E-state index contributed by atoms with van der Waals surface area (Å²) in [6.45, 7) is 6.77. The van der Waals surface area contributed by atoms with Gasteiger partial charge in [-0.2, -0.15) is 0 Å². The first kappa shape index (κ1) is 23.5. The Balaban J connectivity index is 1.74. The molecule has 29 heavy (non-hydrogen) atoms. The van der Waals surface area contributed by atoms with E-state index in [1.165, 1.54) is 37.0 Å². The lowest BCUT2D eigenvalue weighted by atomic mass is 10.00. The molecule has 1 saturated heterocycles. The molecule has 0 saturated carbocycles. The van der Waals surface area contributed by atoms with Crippen LogP contribution in [0.5, 0.6) is 5.75 Å². The van der Waals surface area contributed by atoms with Gasteiger partial charge in [-0.05, 0) is 63.4 Å². The highest BCUT2D eigenvalue weighted by Gasteiger charge is 2.20. The lowest BCUT2D eigenvalue weighted by molar-refractivity contribution is -0.127. The van der Waals surface area contributed by atoms with E-state index in [9.17, 15) is 13.2 Å². The Labute approximate surface area is 175 Å². The normalized spacial score (nSPS) is 18.8. The van der Waals surface area contributed by atoms with Crippen LogP contribution in [0.2, 0.25) is 0 Å². The van der Waals surface area contributed by atoms with Crippen molar-refractivity contribution in [3.63, 3.8) is 0 Å².